The van der Waals surface area contributed by atoms with Crippen LogP contribution < -0.4 is 4.73 Å². The zero-order valence-corrected chi connectivity index (χ0v) is 11.4. The molecule has 1 amide bonds. The van der Waals surface area contributed by atoms with Crippen molar-refractivity contribution in [2.24, 2.45) is 5.92 Å². The van der Waals surface area contributed by atoms with Crippen molar-refractivity contribution in [2.45, 2.75) is 24.8 Å². The van der Waals surface area contributed by atoms with E-state index >= 15 is 0 Å². The molecule has 0 N–H and O–H groups in total. The van der Waals surface area contributed by atoms with E-state index in [4.69, 9.17) is 0 Å². The van der Waals surface area contributed by atoms with Crippen molar-refractivity contribution in [3.05, 3.63) is 29.6 Å². The summed E-state index contributed by atoms with van der Waals surface area (Å²) in [5, 5.41) is 12.0. The average molecular weight is 266 g/mol. The summed E-state index contributed by atoms with van der Waals surface area (Å²) in [6, 6.07) is 5.24. The molecule has 98 valence electrons. The minimum absolute atomic E-state index is 0.135. The van der Waals surface area contributed by atoms with E-state index in [2.05, 4.69) is 6.92 Å². The maximum atomic E-state index is 12.0. The molecule has 1 aliphatic heterocycles. The second-order valence-corrected chi connectivity index (χ2v) is 5.74. The fourth-order valence-electron chi connectivity index (χ4n) is 2.17. The van der Waals surface area contributed by atoms with Crippen molar-refractivity contribution < 1.29 is 9.52 Å². The minimum Gasteiger partial charge on any atom is -0.618 e. The number of rotatable bonds is 3. The third-order valence-electron chi connectivity index (χ3n) is 3.14. The fourth-order valence-corrected chi connectivity index (χ4v) is 2.98. The van der Waals surface area contributed by atoms with Gasteiger partial charge in [-0.1, -0.05) is 6.92 Å². The molecule has 1 atom stereocenters. The third kappa shape index (κ3) is 3.38. The lowest BCUT2D eigenvalue weighted by Crippen LogP contribution is -2.40. The Labute approximate surface area is 112 Å². The first-order valence-electron chi connectivity index (χ1n) is 6.25. The van der Waals surface area contributed by atoms with Gasteiger partial charge in [-0.3, -0.25) is 4.79 Å². The lowest BCUT2D eigenvalue weighted by Gasteiger charge is -2.30. The summed E-state index contributed by atoms with van der Waals surface area (Å²) < 4.78 is 0.802. The van der Waals surface area contributed by atoms with Gasteiger partial charge in [-0.2, -0.15) is 4.73 Å². The van der Waals surface area contributed by atoms with Crippen LogP contribution in [0.4, 0.5) is 0 Å². The second kappa shape index (κ2) is 6.09. The van der Waals surface area contributed by atoms with Crippen molar-refractivity contribution in [3.63, 3.8) is 0 Å². The zero-order valence-electron chi connectivity index (χ0n) is 10.5. The van der Waals surface area contributed by atoms with Gasteiger partial charge in [0.1, 0.15) is 0 Å². The van der Waals surface area contributed by atoms with Crippen LogP contribution in [0.5, 0.6) is 0 Å². The van der Waals surface area contributed by atoms with E-state index in [-0.39, 0.29) is 5.91 Å². The molecule has 0 aliphatic carbocycles. The number of amides is 1. The monoisotopic (exact) mass is 266 g/mol. The zero-order chi connectivity index (χ0) is 13.0. The Balaban J connectivity index is 1.86. The Kier molecular flexibility index (Phi) is 4.47. The molecule has 0 bridgehead atoms. The van der Waals surface area contributed by atoms with Crippen molar-refractivity contribution in [3.8, 4) is 0 Å². The summed E-state index contributed by atoms with van der Waals surface area (Å²) in [4.78, 5) is 13.9. The van der Waals surface area contributed by atoms with Crippen molar-refractivity contribution >= 4 is 17.7 Å². The normalized spacial score (nSPS) is 19.8. The molecule has 2 heterocycles. The van der Waals surface area contributed by atoms with E-state index in [9.17, 15) is 10.0 Å². The number of hydrogen-bond acceptors (Lipinski definition) is 3. The van der Waals surface area contributed by atoms with Crippen LogP contribution in [0.25, 0.3) is 0 Å². The highest BCUT2D eigenvalue weighted by Crippen LogP contribution is 2.18. The van der Waals surface area contributed by atoms with Crippen LogP contribution in [0.2, 0.25) is 0 Å². The summed E-state index contributed by atoms with van der Waals surface area (Å²) >= 11 is 1.31. The highest BCUT2D eigenvalue weighted by Gasteiger charge is 2.21. The molecule has 2 rings (SSSR count). The van der Waals surface area contributed by atoms with E-state index in [0.717, 1.165) is 24.2 Å². The van der Waals surface area contributed by atoms with Crippen LogP contribution in [0.15, 0.2) is 29.4 Å². The van der Waals surface area contributed by atoms with Crippen LogP contribution in [0.1, 0.15) is 19.8 Å². The van der Waals surface area contributed by atoms with Gasteiger partial charge in [0.25, 0.3) is 5.03 Å². The molecule has 5 heteroatoms. The van der Waals surface area contributed by atoms with Crippen LogP contribution in [0.3, 0.4) is 0 Å². The first kappa shape index (κ1) is 13.2. The van der Waals surface area contributed by atoms with Gasteiger partial charge in [0, 0.05) is 25.2 Å². The van der Waals surface area contributed by atoms with Gasteiger partial charge in [0.2, 0.25) is 5.91 Å². The Bertz CT molecular complexity index is 425. The number of piperidine rings is 1. The maximum absolute atomic E-state index is 12.0. The predicted molar refractivity (Wildman–Crippen MR) is 71.1 cm³/mol. The van der Waals surface area contributed by atoms with E-state index in [0.29, 0.717) is 16.7 Å². The molecule has 0 unspecified atom stereocenters. The predicted octanol–water partition coefficient (Wildman–Crippen LogP) is 1.67. The highest BCUT2D eigenvalue weighted by atomic mass is 32.2. The van der Waals surface area contributed by atoms with Crippen molar-refractivity contribution in [2.75, 3.05) is 18.8 Å². The maximum Gasteiger partial charge on any atom is 0.251 e. The number of carbonyl (C=O) groups is 1. The van der Waals surface area contributed by atoms with Gasteiger partial charge in [-0.05, 0) is 36.6 Å². The molecule has 0 saturated carbocycles. The standard InChI is InChI=1S/C13H18N2O2S/c1-11-5-4-7-14(9-11)12(16)10-18-13-6-2-3-8-15(13)17/h2-3,6,8,11H,4-5,7,9-10H2,1H3/t11-/m1/s1. The summed E-state index contributed by atoms with van der Waals surface area (Å²) in [5.41, 5.74) is 0. The number of thioether (sulfide) groups is 1. The Hall–Kier alpha value is -1.23. The van der Waals surface area contributed by atoms with E-state index in [1.807, 2.05) is 11.0 Å². The van der Waals surface area contributed by atoms with Gasteiger partial charge >= 0.3 is 0 Å². The first-order chi connectivity index (χ1) is 8.66. The number of aromatic nitrogens is 1. The van der Waals surface area contributed by atoms with E-state index in [1.165, 1.54) is 24.4 Å². The highest BCUT2D eigenvalue weighted by molar-refractivity contribution is 7.99. The van der Waals surface area contributed by atoms with E-state index < -0.39 is 0 Å². The molecule has 0 spiro atoms. The van der Waals surface area contributed by atoms with Gasteiger partial charge in [0.05, 0.1) is 5.75 Å². The van der Waals surface area contributed by atoms with Crippen LogP contribution >= 0.6 is 11.8 Å². The summed E-state index contributed by atoms with van der Waals surface area (Å²) in [6.07, 6.45) is 3.75. The Morgan fingerprint density at radius 2 is 2.44 bits per heavy atom. The topological polar surface area (TPSA) is 47.2 Å². The number of likely N-dealkylation sites (tertiary alicyclic amines) is 1. The van der Waals surface area contributed by atoms with Crippen LogP contribution in [0, 0.1) is 11.1 Å². The quantitative estimate of drug-likeness (QED) is 0.475. The van der Waals surface area contributed by atoms with Gasteiger partial charge in [-0.25, -0.2) is 0 Å². The third-order valence-corrected chi connectivity index (χ3v) is 4.14. The second-order valence-electron chi connectivity index (χ2n) is 4.74. The van der Waals surface area contributed by atoms with Crippen molar-refractivity contribution in [1.82, 2.24) is 4.90 Å². The van der Waals surface area contributed by atoms with Gasteiger partial charge in [0.15, 0.2) is 6.20 Å². The summed E-state index contributed by atoms with van der Waals surface area (Å²) in [7, 11) is 0. The largest absolute Gasteiger partial charge is 0.618 e. The van der Waals surface area contributed by atoms with Crippen LogP contribution in [-0.4, -0.2) is 29.6 Å². The number of pyridine rings is 1. The number of carbonyl (C=O) groups excluding carboxylic acids is 1. The lowest BCUT2D eigenvalue weighted by molar-refractivity contribution is -0.645. The van der Waals surface area contributed by atoms with Crippen molar-refractivity contribution in [1.29, 1.82) is 0 Å². The molecule has 1 fully saturated rings. The van der Waals surface area contributed by atoms with Gasteiger partial charge < -0.3 is 10.1 Å². The summed E-state index contributed by atoms with van der Waals surface area (Å²) in [5.74, 6) is 1.07. The molecule has 18 heavy (non-hydrogen) atoms. The van der Waals surface area contributed by atoms with Crippen LogP contribution in [-0.2, 0) is 4.79 Å². The molecular weight excluding hydrogens is 248 g/mol. The SMILES string of the molecule is C[C@@H]1CCCN(C(=O)CSc2cccc[n+]2[O-])C1. The van der Waals surface area contributed by atoms with Gasteiger partial charge in [-0.15, -0.1) is 0 Å². The molecule has 1 aromatic rings. The lowest BCUT2D eigenvalue weighted by atomic mass is 10.0. The molecular formula is C13H18N2O2S. The van der Waals surface area contributed by atoms with E-state index in [1.54, 1.807) is 12.1 Å². The molecule has 0 aromatic carbocycles. The fraction of sp³-hybridized carbons (Fsp3) is 0.538. The molecule has 1 aliphatic rings. The molecule has 0 radical (unpaired) electrons. The smallest absolute Gasteiger partial charge is 0.251 e. The molecule has 1 saturated heterocycles. The molecule has 1 aromatic heterocycles. The number of nitrogens with zero attached hydrogens (tertiary/aromatic N) is 2. The minimum atomic E-state index is 0.135. The average Bonchev–Trinajstić information content (AvgIpc) is 2.37. The number of hydrogen-bond donors (Lipinski definition) is 0. The Morgan fingerprint density at radius 3 is 3.17 bits per heavy atom. The Morgan fingerprint density at radius 1 is 1.61 bits per heavy atom. The molecule has 4 nitrogen and oxygen atoms in total. The first-order valence-corrected chi connectivity index (χ1v) is 7.24. The summed E-state index contributed by atoms with van der Waals surface area (Å²) in [6.45, 7) is 3.89.